The highest BCUT2D eigenvalue weighted by Crippen LogP contribution is 2.41. The maximum atomic E-state index is 4.75. The van der Waals surface area contributed by atoms with Crippen LogP contribution in [0.1, 0.15) is 49.8 Å². The van der Waals surface area contributed by atoms with Gasteiger partial charge in [0.15, 0.2) is 5.82 Å². The Morgan fingerprint density at radius 3 is 2.80 bits per heavy atom. The molecule has 7 heteroatoms. The maximum absolute atomic E-state index is 4.75. The lowest BCUT2D eigenvalue weighted by Gasteiger charge is -2.26. The first kappa shape index (κ1) is 18.0. The summed E-state index contributed by atoms with van der Waals surface area (Å²) < 4.78 is 2.39. The van der Waals surface area contributed by atoms with E-state index in [9.17, 15) is 0 Å². The maximum Gasteiger partial charge on any atom is 0.155 e. The van der Waals surface area contributed by atoms with Gasteiger partial charge >= 0.3 is 0 Å². The number of fused-ring (bicyclic) bond motifs is 2. The van der Waals surface area contributed by atoms with Gasteiger partial charge in [-0.15, -0.1) is 21.5 Å². The van der Waals surface area contributed by atoms with Gasteiger partial charge in [-0.05, 0) is 37.3 Å². The van der Waals surface area contributed by atoms with E-state index in [1.54, 1.807) is 17.7 Å². The van der Waals surface area contributed by atoms with Gasteiger partial charge in [0.05, 0.1) is 11.4 Å². The molecule has 5 heterocycles. The monoisotopic (exact) mass is 416 g/mol. The van der Waals surface area contributed by atoms with Gasteiger partial charge in [0.1, 0.15) is 22.8 Å². The van der Waals surface area contributed by atoms with E-state index in [0.29, 0.717) is 0 Å². The first-order valence-electron chi connectivity index (χ1n) is 10.9. The molecule has 30 heavy (non-hydrogen) atoms. The average Bonchev–Trinajstić information content (AvgIpc) is 3.49. The van der Waals surface area contributed by atoms with E-state index < -0.39 is 0 Å². The first-order chi connectivity index (χ1) is 14.9. The summed E-state index contributed by atoms with van der Waals surface area (Å²) in [7, 11) is 0. The van der Waals surface area contributed by atoms with Gasteiger partial charge in [-0.3, -0.25) is 0 Å². The van der Waals surface area contributed by atoms with Crippen LogP contribution in [0.3, 0.4) is 0 Å². The summed E-state index contributed by atoms with van der Waals surface area (Å²) in [6.45, 7) is 2.04. The molecule has 1 saturated heterocycles. The second-order valence-electron chi connectivity index (χ2n) is 8.18. The molecule has 0 N–H and O–H groups in total. The molecule has 2 aliphatic heterocycles. The normalized spacial score (nSPS) is 19.2. The number of hydrogen-bond donors (Lipinski definition) is 0. The summed E-state index contributed by atoms with van der Waals surface area (Å²) in [5.41, 5.74) is 1.23. The zero-order valence-electron chi connectivity index (χ0n) is 16.9. The molecule has 3 aromatic heterocycles. The molecule has 152 valence electrons. The van der Waals surface area contributed by atoms with Gasteiger partial charge in [-0.2, -0.15) is 0 Å². The predicted molar refractivity (Wildman–Crippen MR) is 120 cm³/mol. The second-order valence-corrected chi connectivity index (χ2v) is 9.21. The Labute approximate surface area is 179 Å². The van der Waals surface area contributed by atoms with Crippen molar-refractivity contribution in [2.75, 3.05) is 11.4 Å². The minimum Gasteiger partial charge on any atom is -0.346 e. The number of nitrogens with zero attached hydrogens (tertiary/aromatic N) is 6. The standard InChI is InChI=1S/C23H24N6S/c1-3-8-16(9-4-1)19-14-17-21(24-15-25-23(17)30-19)28-13-7-10-18(28)22-27-26-20-11-5-2-6-12-29(20)22/h1,3-4,8-9,14-15,18H,2,5-7,10-13H2/t18-/m1/s1. The van der Waals surface area contributed by atoms with Crippen LogP contribution < -0.4 is 4.90 Å². The summed E-state index contributed by atoms with van der Waals surface area (Å²) in [4.78, 5) is 14.0. The summed E-state index contributed by atoms with van der Waals surface area (Å²) in [5.74, 6) is 3.31. The molecule has 4 aromatic rings. The number of aromatic nitrogens is 5. The molecule has 0 unspecified atom stereocenters. The van der Waals surface area contributed by atoms with E-state index in [2.05, 4.69) is 61.0 Å². The highest BCUT2D eigenvalue weighted by Gasteiger charge is 2.33. The molecule has 0 radical (unpaired) electrons. The first-order valence-corrected chi connectivity index (χ1v) is 11.7. The molecule has 0 bridgehead atoms. The molecule has 0 amide bonds. The second kappa shape index (κ2) is 7.47. The lowest BCUT2D eigenvalue weighted by atomic mass is 10.1. The molecule has 6 rings (SSSR count). The van der Waals surface area contributed by atoms with E-state index >= 15 is 0 Å². The topological polar surface area (TPSA) is 59.7 Å². The van der Waals surface area contributed by atoms with E-state index in [1.165, 1.54) is 29.7 Å². The molecule has 0 aliphatic carbocycles. The molecule has 0 saturated carbocycles. The lowest BCUT2D eigenvalue weighted by Crippen LogP contribution is -2.26. The number of thiophene rings is 1. The van der Waals surface area contributed by atoms with Crippen LogP contribution in [-0.2, 0) is 13.0 Å². The number of anilines is 1. The molecule has 1 aromatic carbocycles. The molecular weight excluding hydrogens is 392 g/mol. The van der Waals surface area contributed by atoms with Crippen LogP contribution in [0.2, 0.25) is 0 Å². The van der Waals surface area contributed by atoms with Gasteiger partial charge in [0.2, 0.25) is 0 Å². The zero-order chi connectivity index (χ0) is 19.9. The third-order valence-electron chi connectivity index (χ3n) is 6.33. The zero-order valence-corrected chi connectivity index (χ0v) is 17.7. The number of aryl methyl sites for hydroxylation is 1. The van der Waals surface area contributed by atoms with Crippen LogP contribution in [-0.4, -0.2) is 31.3 Å². The molecule has 2 aliphatic rings. The van der Waals surface area contributed by atoms with Crippen molar-refractivity contribution in [2.24, 2.45) is 0 Å². The van der Waals surface area contributed by atoms with Gasteiger partial charge < -0.3 is 9.47 Å². The highest BCUT2D eigenvalue weighted by molar-refractivity contribution is 7.21. The third kappa shape index (κ3) is 2.99. The molecular formula is C23H24N6S. The summed E-state index contributed by atoms with van der Waals surface area (Å²) in [6.07, 6.45) is 8.71. The molecule has 1 fully saturated rings. The smallest absolute Gasteiger partial charge is 0.155 e. The average molecular weight is 417 g/mol. The summed E-state index contributed by atoms with van der Waals surface area (Å²) >= 11 is 1.74. The Morgan fingerprint density at radius 2 is 1.87 bits per heavy atom. The Morgan fingerprint density at radius 1 is 0.933 bits per heavy atom. The minimum absolute atomic E-state index is 0.238. The Kier molecular flexibility index (Phi) is 4.48. The van der Waals surface area contributed by atoms with E-state index in [4.69, 9.17) is 4.98 Å². The number of rotatable bonds is 3. The summed E-state index contributed by atoms with van der Waals surface area (Å²) in [6, 6.07) is 13.0. The minimum atomic E-state index is 0.238. The van der Waals surface area contributed by atoms with Crippen LogP contribution in [0.15, 0.2) is 42.7 Å². The van der Waals surface area contributed by atoms with Gasteiger partial charge in [0, 0.05) is 24.4 Å². The van der Waals surface area contributed by atoms with Crippen molar-refractivity contribution in [3.05, 3.63) is 54.4 Å². The highest BCUT2D eigenvalue weighted by atomic mass is 32.1. The molecule has 0 spiro atoms. The van der Waals surface area contributed by atoms with Gasteiger partial charge in [-0.25, -0.2) is 9.97 Å². The Balaban J connectivity index is 1.41. The van der Waals surface area contributed by atoms with Crippen molar-refractivity contribution < 1.29 is 0 Å². The fraction of sp³-hybridized carbons (Fsp3) is 0.391. The van der Waals surface area contributed by atoms with E-state index in [1.807, 2.05) is 0 Å². The van der Waals surface area contributed by atoms with Crippen molar-refractivity contribution in [3.8, 4) is 10.4 Å². The van der Waals surface area contributed by atoms with Gasteiger partial charge in [0.25, 0.3) is 0 Å². The van der Waals surface area contributed by atoms with Crippen LogP contribution in [0.25, 0.3) is 20.7 Å². The Bertz CT molecular complexity index is 1180. The van der Waals surface area contributed by atoms with Crippen molar-refractivity contribution in [1.29, 1.82) is 0 Å². The van der Waals surface area contributed by atoms with Crippen LogP contribution >= 0.6 is 11.3 Å². The fourth-order valence-corrected chi connectivity index (χ4v) is 5.86. The SMILES string of the molecule is c1ccc(-c2cc3c(N4CCC[C@@H]4c4nnc5n4CCCCC5)ncnc3s2)cc1. The number of benzene rings is 1. The lowest BCUT2D eigenvalue weighted by molar-refractivity contribution is 0.558. The van der Waals surface area contributed by atoms with Crippen LogP contribution in [0, 0.1) is 0 Å². The van der Waals surface area contributed by atoms with Crippen molar-refractivity contribution >= 4 is 27.4 Å². The third-order valence-corrected chi connectivity index (χ3v) is 7.42. The van der Waals surface area contributed by atoms with Crippen molar-refractivity contribution in [3.63, 3.8) is 0 Å². The van der Waals surface area contributed by atoms with Gasteiger partial charge in [-0.1, -0.05) is 36.8 Å². The molecule has 6 nitrogen and oxygen atoms in total. The molecule has 1 atom stereocenters. The van der Waals surface area contributed by atoms with Crippen molar-refractivity contribution in [1.82, 2.24) is 24.7 Å². The van der Waals surface area contributed by atoms with Crippen LogP contribution in [0.4, 0.5) is 5.82 Å². The van der Waals surface area contributed by atoms with Crippen molar-refractivity contribution in [2.45, 2.75) is 51.1 Å². The summed E-state index contributed by atoms with van der Waals surface area (Å²) in [5, 5.41) is 10.4. The fourth-order valence-electron chi connectivity index (χ4n) is 4.86. The van der Waals surface area contributed by atoms with E-state index in [0.717, 1.165) is 60.0 Å². The van der Waals surface area contributed by atoms with Crippen LogP contribution in [0.5, 0.6) is 0 Å². The Hall–Kier alpha value is -2.80. The quantitative estimate of drug-likeness (QED) is 0.469. The van der Waals surface area contributed by atoms with E-state index in [-0.39, 0.29) is 6.04 Å². The predicted octanol–water partition coefficient (Wildman–Crippen LogP) is 5.02. The number of hydrogen-bond acceptors (Lipinski definition) is 6. The largest absolute Gasteiger partial charge is 0.346 e.